The Morgan fingerprint density at radius 2 is 1.74 bits per heavy atom. The van der Waals surface area contributed by atoms with Gasteiger partial charge >= 0.3 is 0 Å². The summed E-state index contributed by atoms with van der Waals surface area (Å²) in [6, 6.07) is 19.4. The summed E-state index contributed by atoms with van der Waals surface area (Å²) in [5.74, 6) is -0.172. The second-order valence-electron chi connectivity index (χ2n) is 9.03. The van der Waals surface area contributed by atoms with E-state index < -0.39 is 0 Å². The number of benzene rings is 2. The van der Waals surface area contributed by atoms with Crippen LogP contribution in [0.4, 0.5) is 4.39 Å². The fraction of sp³-hybridized carbons (Fsp3) is 0.281. The molecular formula is C32H37FN2. The van der Waals surface area contributed by atoms with Gasteiger partial charge in [-0.05, 0) is 68.0 Å². The first-order valence-electron chi connectivity index (χ1n) is 12.5. The van der Waals surface area contributed by atoms with Crippen LogP contribution in [0.15, 0.2) is 101 Å². The number of aryl methyl sites for hydroxylation is 2. The van der Waals surface area contributed by atoms with Gasteiger partial charge in [0.05, 0.1) is 11.4 Å². The van der Waals surface area contributed by atoms with E-state index in [0.29, 0.717) is 12.0 Å². The van der Waals surface area contributed by atoms with E-state index in [4.69, 9.17) is 4.99 Å². The smallest absolute Gasteiger partial charge is 0.126 e. The highest BCUT2D eigenvalue weighted by atomic mass is 19.1. The standard InChI is InChI=1S/C29H29FN2.C3H8/c1-21-19-28(32(3)20-21)25-14-8-10-16-27(25)31-29(24-12-5-4-6-13-24)22(2)17-18-23-11-7-9-15-26(23)30;1-3-2/h4-7,9-13,15-17,19-20H,8,14,18H2,1-3H3;3H2,1-2H3/b22-17-,31-29?;. The quantitative estimate of drug-likeness (QED) is 0.322. The summed E-state index contributed by atoms with van der Waals surface area (Å²) in [6.45, 7) is 8.43. The molecule has 1 aromatic heterocycles. The molecule has 0 radical (unpaired) electrons. The number of allylic oxidation sites excluding steroid dienone is 5. The summed E-state index contributed by atoms with van der Waals surface area (Å²) < 4.78 is 16.3. The molecule has 0 atom stereocenters. The first-order valence-corrected chi connectivity index (χ1v) is 12.5. The van der Waals surface area contributed by atoms with Crippen molar-refractivity contribution >= 4 is 11.3 Å². The molecule has 0 saturated carbocycles. The van der Waals surface area contributed by atoms with Gasteiger partial charge in [0.15, 0.2) is 0 Å². The van der Waals surface area contributed by atoms with E-state index in [9.17, 15) is 4.39 Å². The molecule has 0 spiro atoms. The van der Waals surface area contributed by atoms with Gasteiger partial charge < -0.3 is 4.57 Å². The Morgan fingerprint density at radius 1 is 1.06 bits per heavy atom. The summed E-state index contributed by atoms with van der Waals surface area (Å²) in [6.07, 6.45) is 12.3. The summed E-state index contributed by atoms with van der Waals surface area (Å²) in [5, 5.41) is 0. The number of aliphatic imine (C=N–C) groups is 1. The number of hydrogen-bond donors (Lipinski definition) is 0. The van der Waals surface area contributed by atoms with Crippen molar-refractivity contribution in [1.29, 1.82) is 0 Å². The highest BCUT2D eigenvalue weighted by Crippen LogP contribution is 2.31. The first-order chi connectivity index (χ1) is 16.9. The van der Waals surface area contributed by atoms with Crippen LogP contribution >= 0.6 is 0 Å². The van der Waals surface area contributed by atoms with Crippen molar-refractivity contribution in [1.82, 2.24) is 4.57 Å². The van der Waals surface area contributed by atoms with Crippen molar-refractivity contribution in [2.24, 2.45) is 12.0 Å². The molecule has 0 amide bonds. The molecule has 1 aliphatic rings. The molecule has 3 heteroatoms. The van der Waals surface area contributed by atoms with E-state index in [1.807, 2.05) is 30.3 Å². The molecule has 4 rings (SSSR count). The van der Waals surface area contributed by atoms with E-state index >= 15 is 0 Å². The second-order valence-corrected chi connectivity index (χ2v) is 9.03. The van der Waals surface area contributed by atoms with E-state index in [1.54, 1.807) is 6.07 Å². The van der Waals surface area contributed by atoms with Crippen LogP contribution < -0.4 is 0 Å². The van der Waals surface area contributed by atoms with Crippen molar-refractivity contribution in [3.05, 3.63) is 125 Å². The number of hydrogen-bond acceptors (Lipinski definition) is 1. The highest BCUT2D eigenvalue weighted by molar-refractivity contribution is 6.13. The first kappa shape index (κ1) is 26.2. The SMILES string of the molecule is C/C(=C/Cc1ccccc1F)C(=NC1=C(c2cc(C)cn2C)CCC=C1)c1ccccc1.CCC. The lowest BCUT2D eigenvalue weighted by molar-refractivity contribution is 0.615. The lowest BCUT2D eigenvalue weighted by atomic mass is 9.97. The van der Waals surface area contributed by atoms with Gasteiger partial charge in [0.2, 0.25) is 0 Å². The Morgan fingerprint density at radius 3 is 2.40 bits per heavy atom. The number of aromatic nitrogens is 1. The molecule has 3 aromatic rings. The summed E-state index contributed by atoms with van der Waals surface area (Å²) >= 11 is 0. The Kier molecular flexibility index (Phi) is 9.60. The van der Waals surface area contributed by atoms with Gasteiger partial charge in [-0.2, -0.15) is 0 Å². The van der Waals surface area contributed by atoms with Crippen LogP contribution in [0.25, 0.3) is 5.57 Å². The third kappa shape index (κ3) is 7.02. The van der Waals surface area contributed by atoms with Crippen molar-refractivity contribution < 1.29 is 4.39 Å². The summed E-state index contributed by atoms with van der Waals surface area (Å²) in [5.41, 5.74) is 8.43. The second kappa shape index (κ2) is 12.9. The lowest BCUT2D eigenvalue weighted by Gasteiger charge is -2.16. The van der Waals surface area contributed by atoms with E-state index in [1.165, 1.54) is 29.3 Å². The number of rotatable bonds is 6. The average molecular weight is 469 g/mol. The van der Waals surface area contributed by atoms with Crippen molar-refractivity contribution in [3.8, 4) is 0 Å². The molecule has 0 N–H and O–H groups in total. The molecule has 1 aliphatic carbocycles. The van der Waals surface area contributed by atoms with Crippen molar-refractivity contribution in [2.75, 3.05) is 0 Å². The topological polar surface area (TPSA) is 17.3 Å². The van der Waals surface area contributed by atoms with Gasteiger partial charge in [-0.3, -0.25) is 0 Å². The van der Waals surface area contributed by atoms with E-state index in [0.717, 1.165) is 35.4 Å². The maximum Gasteiger partial charge on any atom is 0.126 e. The zero-order valence-corrected chi connectivity index (χ0v) is 21.7. The van der Waals surface area contributed by atoms with Gasteiger partial charge in [0, 0.05) is 30.1 Å². The molecule has 0 fully saturated rings. The van der Waals surface area contributed by atoms with Crippen molar-refractivity contribution in [3.63, 3.8) is 0 Å². The minimum Gasteiger partial charge on any atom is -0.350 e. The summed E-state index contributed by atoms with van der Waals surface area (Å²) in [4.78, 5) is 5.18. The van der Waals surface area contributed by atoms with Crippen molar-refractivity contribution in [2.45, 2.75) is 53.4 Å². The molecule has 2 aromatic carbocycles. The fourth-order valence-electron chi connectivity index (χ4n) is 4.17. The lowest BCUT2D eigenvalue weighted by Crippen LogP contribution is -2.06. The number of nitrogens with zero attached hydrogens (tertiary/aromatic N) is 2. The van der Waals surface area contributed by atoms with Gasteiger partial charge in [-0.1, -0.05) is 81.0 Å². The van der Waals surface area contributed by atoms with Gasteiger partial charge in [-0.15, -0.1) is 0 Å². The summed E-state index contributed by atoms with van der Waals surface area (Å²) in [7, 11) is 2.09. The minimum atomic E-state index is -0.172. The zero-order valence-electron chi connectivity index (χ0n) is 21.7. The maximum atomic E-state index is 14.1. The Hall–Kier alpha value is -3.46. The predicted molar refractivity (Wildman–Crippen MR) is 148 cm³/mol. The van der Waals surface area contributed by atoms with E-state index in [-0.39, 0.29) is 5.82 Å². The van der Waals surface area contributed by atoms with Crippen LogP contribution in [0.5, 0.6) is 0 Å². The van der Waals surface area contributed by atoms with E-state index in [2.05, 4.69) is 81.9 Å². The number of halogens is 1. The zero-order chi connectivity index (χ0) is 25.2. The van der Waals surface area contributed by atoms with Gasteiger partial charge in [-0.25, -0.2) is 9.38 Å². The molecule has 182 valence electrons. The third-order valence-corrected chi connectivity index (χ3v) is 5.84. The van der Waals surface area contributed by atoms with Crippen LogP contribution in [0.1, 0.15) is 62.4 Å². The Bertz CT molecular complexity index is 1240. The fourth-order valence-corrected chi connectivity index (χ4v) is 4.17. The van der Waals surface area contributed by atoms with Gasteiger partial charge in [0.25, 0.3) is 0 Å². The van der Waals surface area contributed by atoms with Crippen LogP contribution in [-0.2, 0) is 13.5 Å². The predicted octanol–water partition coefficient (Wildman–Crippen LogP) is 8.63. The van der Waals surface area contributed by atoms with Crippen LogP contribution in [0.2, 0.25) is 0 Å². The Balaban J connectivity index is 0.00000108. The largest absolute Gasteiger partial charge is 0.350 e. The molecule has 0 unspecified atom stereocenters. The van der Waals surface area contributed by atoms with Crippen LogP contribution in [-0.4, -0.2) is 10.3 Å². The maximum absolute atomic E-state index is 14.1. The monoisotopic (exact) mass is 468 g/mol. The molecular weight excluding hydrogens is 431 g/mol. The normalized spacial score (nSPS) is 14.1. The minimum absolute atomic E-state index is 0.172. The molecule has 0 bridgehead atoms. The molecule has 35 heavy (non-hydrogen) atoms. The van der Waals surface area contributed by atoms with Crippen LogP contribution in [0.3, 0.4) is 0 Å². The van der Waals surface area contributed by atoms with Crippen LogP contribution in [0, 0.1) is 12.7 Å². The average Bonchev–Trinajstić information content (AvgIpc) is 3.20. The highest BCUT2D eigenvalue weighted by Gasteiger charge is 2.16. The Labute approximate surface area is 210 Å². The molecule has 1 heterocycles. The van der Waals surface area contributed by atoms with Gasteiger partial charge in [0.1, 0.15) is 5.82 Å². The molecule has 0 saturated heterocycles. The molecule has 2 nitrogen and oxygen atoms in total. The third-order valence-electron chi connectivity index (χ3n) is 5.84. The molecule has 0 aliphatic heterocycles.